The van der Waals surface area contributed by atoms with Crippen molar-refractivity contribution < 1.29 is 8.42 Å². The molecule has 0 saturated carbocycles. The van der Waals surface area contributed by atoms with Crippen molar-refractivity contribution in [2.24, 2.45) is 0 Å². The zero-order valence-electron chi connectivity index (χ0n) is 11.7. The molecule has 2 rings (SSSR count). The van der Waals surface area contributed by atoms with E-state index in [0.717, 1.165) is 5.69 Å². The summed E-state index contributed by atoms with van der Waals surface area (Å²) >= 11 is 6.04. The van der Waals surface area contributed by atoms with E-state index < -0.39 is 9.84 Å². The molecule has 0 spiro atoms. The molecule has 0 amide bonds. The first-order valence-electron chi connectivity index (χ1n) is 6.27. The van der Waals surface area contributed by atoms with E-state index in [-0.39, 0.29) is 17.2 Å². The summed E-state index contributed by atoms with van der Waals surface area (Å²) in [5, 5.41) is 13.6. The summed E-state index contributed by atoms with van der Waals surface area (Å²) in [7, 11) is -3.47. The minimum atomic E-state index is -3.47. The first-order chi connectivity index (χ1) is 9.85. The summed E-state index contributed by atoms with van der Waals surface area (Å²) in [5.41, 5.74) is 1.75. The van der Waals surface area contributed by atoms with Gasteiger partial charge in [0, 0.05) is 0 Å². The van der Waals surface area contributed by atoms with Crippen LogP contribution >= 0.6 is 11.6 Å². The summed E-state index contributed by atoms with van der Waals surface area (Å²) in [6.07, 6.45) is 0. The average molecular weight is 324 g/mol. The van der Waals surface area contributed by atoms with Crippen LogP contribution in [0.5, 0.6) is 0 Å². The monoisotopic (exact) mass is 323 g/mol. The Kier molecular flexibility index (Phi) is 4.35. The highest BCUT2D eigenvalue weighted by Gasteiger charge is 2.17. The number of sulfone groups is 1. The third-order valence-electron chi connectivity index (χ3n) is 3.19. The van der Waals surface area contributed by atoms with E-state index in [1.165, 1.54) is 12.1 Å². The Morgan fingerprint density at radius 3 is 2.67 bits per heavy atom. The Bertz CT molecular complexity index is 819. The second-order valence-electron chi connectivity index (χ2n) is 4.67. The third-order valence-corrected chi connectivity index (χ3v) is 5.43. The van der Waals surface area contributed by atoms with Crippen molar-refractivity contribution in [2.45, 2.75) is 25.3 Å². The molecule has 0 fully saturated rings. The topological polar surface area (TPSA) is 75.8 Å². The largest absolute Gasteiger partial charge is 0.267 e. The van der Waals surface area contributed by atoms with Crippen molar-refractivity contribution in [3.63, 3.8) is 0 Å². The van der Waals surface area contributed by atoms with E-state index in [1.807, 2.05) is 6.07 Å². The molecule has 1 aromatic heterocycles. The molecule has 0 aliphatic heterocycles. The Morgan fingerprint density at radius 2 is 2.10 bits per heavy atom. The van der Waals surface area contributed by atoms with Crippen molar-refractivity contribution >= 4 is 21.4 Å². The van der Waals surface area contributed by atoms with Crippen LogP contribution in [-0.2, 0) is 16.4 Å². The smallest absolute Gasteiger partial charge is 0.180 e. The van der Waals surface area contributed by atoms with Crippen LogP contribution in [0.4, 0.5) is 0 Å². The van der Waals surface area contributed by atoms with Gasteiger partial charge in [-0.05, 0) is 32.0 Å². The summed E-state index contributed by atoms with van der Waals surface area (Å²) in [5.74, 6) is -0.0971. The van der Waals surface area contributed by atoms with Crippen molar-refractivity contribution in [3.8, 4) is 6.07 Å². The molecule has 7 heteroatoms. The number of hydrogen-bond acceptors (Lipinski definition) is 4. The molecule has 0 saturated heterocycles. The fourth-order valence-corrected chi connectivity index (χ4v) is 3.35. The molecule has 2 aromatic rings. The van der Waals surface area contributed by atoms with E-state index >= 15 is 0 Å². The highest BCUT2D eigenvalue weighted by atomic mass is 35.5. The van der Waals surface area contributed by atoms with Gasteiger partial charge in [-0.25, -0.2) is 8.42 Å². The van der Waals surface area contributed by atoms with Crippen LogP contribution in [0.3, 0.4) is 0 Å². The van der Waals surface area contributed by atoms with Gasteiger partial charge in [0.25, 0.3) is 0 Å². The lowest BCUT2D eigenvalue weighted by Crippen LogP contribution is -2.15. The maximum absolute atomic E-state index is 12.3. The highest BCUT2D eigenvalue weighted by Crippen LogP contribution is 2.19. The van der Waals surface area contributed by atoms with Crippen LogP contribution in [0.2, 0.25) is 5.02 Å². The van der Waals surface area contributed by atoms with Gasteiger partial charge in [-0.2, -0.15) is 10.4 Å². The molecule has 1 heterocycles. The number of benzene rings is 1. The van der Waals surface area contributed by atoms with Gasteiger partial charge in [0.05, 0.1) is 45.2 Å². The van der Waals surface area contributed by atoms with Crippen LogP contribution in [0, 0.1) is 25.2 Å². The summed E-state index contributed by atoms with van der Waals surface area (Å²) in [6, 6.07) is 7.93. The standard InChI is InChI=1S/C14H14ClN3O2S/c1-10-14(15)11(2)18(17-10)6-7-21(19,20)13-5-3-4-12(8-13)9-16/h3-5,8H,6-7H2,1-2H3. The van der Waals surface area contributed by atoms with Gasteiger partial charge >= 0.3 is 0 Å². The maximum Gasteiger partial charge on any atom is 0.180 e. The quantitative estimate of drug-likeness (QED) is 0.866. The molecule has 5 nitrogen and oxygen atoms in total. The van der Waals surface area contributed by atoms with Crippen LogP contribution in [-0.4, -0.2) is 24.0 Å². The fourth-order valence-electron chi connectivity index (χ4n) is 1.98. The van der Waals surface area contributed by atoms with E-state index in [1.54, 1.807) is 30.7 Å². The minimum absolute atomic E-state index is 0.0971. The molecule has 21 heavy (non-hydrogen) atoms. The van der Waals surface area contributed by atoms with Gasteiger partial charge in [0.15, 0.2) is 9.84 Å². The number of nitrogens with zero attached hydrogens (tertiary/aromatic N) is 3. The molecule has 0 aliphatic carbocycles. The van der Waals surface area contributed by atoms with Crippen LogP contribution in [0.15, 0.2) is 29.2 Å². The molecule has 0 N–H and O–H groups in total. The van der Waals surface area contributed by atoms with E-state index in [9.17, 15) is 8.42 Å². The zero-order chi connectivity index (χ0) is 15.6. The lowest BCUT2D eigenvalue weighted by Gasteiger charge is -2.06. The molecule has 0 aliphatic rings. The molecule has 0 atom stereocenters. The second-order valence-corrected chi connectivity index (χ2v) is 7.15. The van der Waals surface area contributed by atoms with Gasteiger partial charge in [-0.15, -0.1) is 0 Å². The van der Waals surface area contributed by atoms with Gasteiger partial charge in [-0.3, -0.25) is 4.68 Å². The van der Waals surface area contributed by atoms with Gasteiger partial charge in [0.1, 0.15) is 0 Å². The fraction of sp³-hybridized carbons (Fsp3) is 0.286. The zero-order valence-corrected chi connectivity index (χ0v) is 13.2. The lowest BCUT2D eigenvalue weighted by atomic mass is 10.2. The number of nitriles is 1. The van der Waals surface area contributed by atoms with Gasteiger partial charge in [0.2, 0.25) is 0 Å². The number of halogens is 1. The Hall–Kier alpha value is -1.84. The number of hydrogen-bond donors (Lipinski definition) is 0. The van der Waals surface area contributed by atoms with E-state index in [4.69, 9.17) is 16.9 Å². The Morgan fingerprint density at radius 1 is 1.38 bits per heavy atom. The predicted octanol–water partition coefficient (Wildman–Crippen LogP) is 2.50. The van der Waals surface area contributed by atoms with E-state index in [2.05, 4.69) is 5.10 Å². The van der Waals surface area contributed by atoms with Crippen LogP contribution in [0.1, 0.15) is 17.0 Å². The molecule has 1 aromatic carbocycles. The van der Waals surface area contributed by atoms with Crippen LogP contribution < -0.4 is 0 Å². The number of rotatable bonds is 4. The summed E-state index contributed by atoms with van der Waals surface area (Å²) < 4.78 is 26.2. The SMILES string of the molecule is Cc1nn(CCS(=O)(=O)c2cccc(C#N)c2)c(C)c1Cl. The number of aryl methyl sites for hydroxylation is 2. The van der Waals surface area contributed by atoms with E-state index in [0.29, 0.717) is 16.3 Å². The molecular formula is C14H14ClN3O2S. The second kappa shape index (κ2) is 5.88. The normalized spacial score (nSPS) is 11.3. The van der Waals surface area contributed by atoms with Crippen molar-refractivity contribution in [1.29, 1.82) is 5.26 Å². The first kappa shape index (κ1) is 15.5. The molecule has 0 bridgehead atoms. The summed E-state index contributed by atoms with van der Waals surface area (Å²) in [4.78, 5) is 0.147. The first-order valence-corrected chi connectivity index (χ1v) is 8.30. The highest BCUT2D eigenvalue weighted by molar-refractivity contribution is 7.91. The van der Waals surface area contributed by atoms with Crippen LogP contribution in [0.25, 0.3) is 0 Å². The maximum atomic E-state index is 12.3. The molecule has 110 valence electrons. The summed E-state index contributed by atoms with van der Waals surface area (Å²) in [6.45, 7) is 3.79. The molecule has 0 unspecified atom stereocenters. The van der Waals surface area contributed by atoms with Gasteiger partial charge < -0.3 is 0 Å². The van der Waals surface area contributed by atoms with Crippen molar-refractivity contribution in [1.82, 2.24) is 9.78 Å². The molecule has 0 radical (unpaired) electrons. The lowest BCUT2D eigenvalue weighted by molar-refractivity contribution is 0.576. The molecular weight excluding hydrogens is 310 g/mol. The number of aromatic nitrogens is 2. The predicted molar refractivity (Wildman–Crippen MR) is 79.9 cm³/mol. The average Bonchev–Trinajstić information content (AvgIpc) is 2.72. The Balaban J connectivity index is 2.22. The van der Waals surface area contributed by atoms with Crippen molar-refractivity contribution in [2.75, 3.05) is 5.75 Å². The minimum Gasteiger partial charge on any atom is -0.267 e. The van der Waals surface area contributed by atoms with Gasteiger partial charge in [-0.1, -0.05) is 17.7 Å². The Labute approximate surface area is 128 Å². The van der Waals surface area contributed by atoms with Crippen molar-refractivity contribution in [3.05, 3.63) is 46.2 Å². The third kappa shape index (κ3) is 3.26.